The first-order chi connectivity index (χ1) is 10.6. The fraction of sp³-hybridized carbons (Fsp3) is 0.267. The number of carbonyl (C=O) groups is 2. The second-order valence-corrected chi connectivity index (χ2v) is 5.55. The lowest BCUT2D eigenvalue weighted by Crippen LogP contribution is -2.17. The number of thiazole rings is 1. The number of ether oxygens (including phenoxy) is 1. The van der Waals surface area contributed by atoms with E-state index in [9.17, 15) is 9.59 Å². The number of anilines is 1. The molecular weight excluding hydrogens is 304 g/mol. The fourth-order valence-electron chi connectivity index (χ4n) is 2.07. The molecule has 0 aliphatic carbocycles. The minimum Gasteiger partial charge on any atom is -0.497 e. The monoisotopic (exact) mass is 320 g/mol. The summed E-state index contributed by atoms with van der Waals surface area (Å²) in [6.45, 7) is 0. The van der Waals surface area contributed by atoms with Crippen molar-refractivity contribution in [1.29, 1.82) is 0 Å². The van der Waals surface area contributed by atoms with Gasteiger partial charge in [0, 0.05) is 23.9 Å². The summed E-state index contributed by atoms with van der Waals surface area (Å²) in [6.07, 6.45) is 1.56. The van der Waals surface area contributed by atoms with Crippen LogP contribution in [0.25, 0.3) is 0 Å². The molecule has 1 aromatic carbocycles. The number of nitrogens with one attached hydrogen (secondary N) is 1. The van der Waals surface area contributed by atoms with E-state index in [1.54, 1.807) is 43.0 Å². The molecule has 0 spiro atoms. The van der Waals surface area contributed by atoms with Crippen molar-refractivity contribution in [3.8, 4) is 5.75 Å². The number of rotatable bonds is 7. The Hall–Kier alpha value is -2.41. The van der Waals surface area contributed by atoms with Gasteiger partial charge in [0.2, 0.25) is 5.91 Å². The molecule has 0 radical (unpaired) electrons. The van der Waals surface area contributed by atoms with E-state index in [-0.39, 0.29) is 18.7 Å². The van der Waals surface area contributed by atoms with Gasteiger partial charge in [-0.2, -0.15) is 0 Å². The third-order valence-electron chi connectivity index (χ3n) is 3.12. The van der Waals surface area contributed by atoms with Gasteiger partial charge in [0.1, 0.15) is 5.75 Å². The number of carbonyl (C=O) groups excluding carboxylic acids is 1. The third kappa shape index (κ3) is 4.56. The van der Waals surface area contributed by atoms with Gasteiger partial charge in [-0.1, -0.05) is 12.1 Å². The molecule has 1 amide bonds. The molecule has 2 N–H and O–H groups in total. The molecule has 0 bridgehead atoms. The molecule has 1 aromatic heterocycles. The van der Waals surface area contributed by atoms with Crippen LogP contribution >= 0.6 is 11.3 Å². The van der Waals surface area contributed by atoms with Crippen molar-refractivity contribution >= 4 is 28.3 Å². The zero-order valence-electron chi connectivity index (χ0n) is 12.0. The lowest BCUT2D eigenvalue weighted by Gasteiger charge is -2.15. The van der Waals surface area contributed by atoms with Gasteiger partial charge in [-0.15, -0.1) is 11.3 Å². The highest BCUT2D eigenvalue weighted by Crippen LogP contribution is 2.26. The van der Waals surface area contributed by atoms with Gasteiger partial charge in [0.05, 0.1) is 13.5 Å². The van der Waals surface area contributed by atoms with Crippen molar-refractivity contribution in [1.82, 2.24) is 4.98 Å². The molecule has 0 aliphatic rings. The number of nitrogens with zero attached hydrogens (tertiary/aromatic N) is 1. The summed E-state index contributed by atoms with van der Waals surface area (Å²) < 4.78 is 5.08. The normalized spacial score (nSPS) is 11.7. The first-order valence-electron chi connectivity index (χ1n) is 6.63. The van der Waals surface area contributed by atoms with Gasteiger partial charge in [0.25, 0.3) is 0 Å². The highest BCUT2D eigenvalue weighted by molar-refractivity contribution is 7.13. The van der Waals surface area contributed by atoms with E-state index in [1.165, 1.54) is 11.3 Å². The molecule has 0 saturated carbocycles. The number of carboxylic acids is 1. The number of amides is 1. The molecule has 1 heterocycles. The second kappa shape index (κ2) is 7.56. The van der Waals surface area contributed by atoms with Crippen LogP contribution in [-0.4, -0.2) is 29.1 Å². The average molecular weight is 320 g/mol. The zero-order valence-corrected chi connectivity index (χ0v) is 12.8. The van der Waals surface area contributed by atoms with Crippen molar-refractivity contribution in [2.75, 3.05) is 12.4 Å². The second-order valence-electron chi connectivity index (χ2n) is 4.66. The Balaban J connectivity index is 2.07. The average Bonchev–Trinajstić information content (AvgIpc) is 2.99. The highest BCUT2D eigenvalue weighted by atomic mass is 32.1. The van der Waals surface area contributed by atoms with E-state index in [0.29, 0.717) is 10.9 Å². The van der Waals surface area contributed by atoms with E-state index in [0.717, 1.165) is 5.56 Å². The molecule has 7 heteroatoms. The van der Waals surface area contributed by atoms with Crippen LogP contribution in [0.5, 0.6) is 5.75 Å². The van der Waals surface area contributed by atoms with Crippen molar-refractivity contribution in [2.45, 2.75) is 18.8 Å². The maximum atomic E-state index is 12.0. The van der Waals surface area contributed by atoms with Crippen LogP contribution in [0.15, 0.2) is 35.8 Å². The van der Waals surface area contributed by atoms with Crippen LogP contribution in [0, 0.1) is 0 Å². The lowest BCUT2D eigenvalue weighted by atomic mass is 9.92. The summed E-state index contributed by atoms with van der Waals surface area (Å²) in [5, 5.41) is 14.0. The summed E-state index contributed by atoms with van der Waals surface area (Å²) in [5.41, 5.74) is 0.789. The number of hydrogen-bond donors (Lipinski definition) is 2. The molecule has 0 fully saturated rings. The van der Waals surface area contributed by atoms with E-state index in [4.69, 9.17) is 9.84 Å². The minimum atomic E-state index is -0.942. The molecule has 116 valence electrons. The van der Waals surface area contributed by atoms with E-state index < -0.39 is 11.9 Å². The third-order valence-corrected chi connectivity index (χ3v) is 3.81. The Labute approximate surface area is 131 Å². The van der Waals surface area contributed by atoms with Crippen LogP contribution in [0.2, 0.25) is 0 Å². The van der Waals surface area contributed by atoms with Crippen molar-refractivity contribution in [3.63, 3.8) is 0 Å². The van der Waals surface area contributed by atoms with Gasteiger partial charge >= 0.3 is 5.97 Å². The summed E-state index contributed by atoms with van der Waals surface area (Å²) in [4.78, 5) is 27.0. The Morgan fingerprint density at radius 2 is 2.05 bits per heavy atom. The number of carboxylic acid groups (broad SMARTS) is 1. The van der Waals surface area contributed by atoms with Gasteiger partial charge in [-0.05, 0) is 17.7 Å². The summed E-state index contributed by atoms with van der Waals surface area (Å²) in [6, 6.07) is 7.07. The van der Waals surface area contributed by atoms with Crippen LogP contribution < -0.4 is 10.1 Å². The summed E-state index contributed by atoms with van der Waals surface area (Å²) in [7, 11) is 1.56. The van der Waals surface area contributed by atoms with E-state index >= 15 is 0 Å². The number of benzene rings is 1. The van der Waals surface area contributed by atoms with Gasteiger partial charge in [-0.25, -0.2) is 4.98 Å². The van der Waals surface area contributed by atoms with E-state index in [1.807, 2.05) is 0 Å². The van der Waals surface area contributed by atoms with Gasteiger partial charge in [-0.3, -0.25) is 9.59 Å². The quantitative estimate of drug-likeness (QED) is 0.819. The molecular formula is C15H16N2O4S. The molecule has 0 aliphatic heterocycles. The number of hydrogen-bond acceptors (Lipinski definition) is 5. The standard InChI is InChI=1S/C15H16N2O4S/c1-21-12-4-2-10(3-5-12)11(9-14(19)20)8-13(18)17-15-16-6-7-22-15/h2-7,11H,8-9H2,1H3,(H,19,20)(H,16,17,18)/t11-/m0/s1. The highest BCUT2D eigenvalue weighted by Gasteiger charge is 2.20. The smallest absolute Gasteiger partial charge is 0.303 e. The van der Waals surface area contributed by atoms with Crippen molar-refractivity contribution in [2.24, 2.45) is 0 Å². The molecule has 6 nitrogen and oxygen atoms in total. The molecule has 0 saturated heterocycles. The minimum absolute atomic E-state index is 0.0816. The Kier molecular flexibility index (Phi) is 5.48. The van der Waals surface area contributed by atoms with Crippen molar-refractivity contribution < 1.29 is 19.4 Å². The molecule has 1 atom stereocenters. The molecule has 2 rings (SSSR count). The lowest BCUT2D eigenvalue weighted by molar-refractivity contribution is -0.137. The molecule has 22 heavy (non-hydrogen) atoms. The first-order valence-corrected chi connectivity index (χ1v) is 7.51. The van der Waals surface area contributed by atoms with Crippen LogP contribution in [0.1, 0.15) is 24.3 Å². The summed E-state index contributed by atoms with van der Waals surface area (Å²) >= 11 is 1.32. The van der Waals surface area contributed by atoms with E-state index in [2.05, 4.69) is 10.3 Å². The number of aromatic nitrogens is 1. The topological polar surface area (TPSA) is 88.5 Å². The van der Waals surface area contributed by atoms with Crippen molar-refractivity contribution in [3.05, 3.63) is 41.4 Å². The molecule has 0 unspecified atom stereocenters. The first kappa shape index (κ1) is 16.0. The number of methoxy groups -OCH3 is 1. The number of aliphatic carboxylic acids is 1. The van der Waals surface area contributed by atoms with Crippen LogP contribution in [0.3, 0.4) is 0 Å². The van der Waals surface area contributed by atoms with Crippen LogP contribution in [0.4, 0.5) is 5.13 Å². The Morgan fingerprint density at radius 3 is 2.59 bits per heavy atom. The predicted molar refractivity (Wildman–Crippen MR) is 83.3 cm³/mol. The Bertz CT molecular complexity index is 626. The van der Waals surface area contributed by atoms with Gasteiger partial charge < -0.3 is 15.2 Å². The SMILES string of the molecule is COc1ccc([C@H](CC(=O)O)CC(=O)Nc2nccs2)cc1. The Morgan fingerprint density at radius 1 is 1.32 bits per heavy atom. The zero-order chi connectivity index (χ0) is 15.9. The fourth-order valence-corrected chi connectivity index (χ4v) is 2.62. The molecule has 2 aromatic rings. The maximum Gasteiger partial charge on any atom is 0.303 e. The van der Waals surface area contributed by atoms with Gasteiger partial charge in [0.15, 0.2) is 5.13 Å². The predicted octanol–water partition coefficient (Wildman–Crippen LogP) is 2.74. The van der Waals surface area contributed by atoms with Crippen LogP contribution in [-0.2, 0) is 9.59 Å². The summed E-state index contributed by atoms with van der Waals surface area (Å²) in [5.74, 6) is -0.909. The largest absolute Gasteiger partial charge is 0.497 e. The maximum absolute atomic E-state index is 12.0.